The van der Waals surface area contributed by atoms with Gasteiger partial charge in [-0.2, -0.15) is 0 Å². The molecule has 0 saturated carbocycles. The van der Waals surface area contributed by atoms with Crippen molar-refractivity contribution in [2.24, 2.45) is 0 Å². The lowest BCUT2D eigenvalue weighted by Gasteiger charge is -2.28. The summed E-state index contributed by atoms with van der Waals surface area (Å²) < 4.78 is 15.4. The normalized spacial score (nSPS) is 15.1. The second-order valence-corrected chi connectivity index (χ2v) is 7.00. The molecule has 2 atom stereocenters. The molecule has 1 heterocycles. The Labute approximate surface area is 170 Å². The van der Waals surface area contributed by atoms with Gasteiger partial charge in [0.2, 0.25) is 0 Å². The Bertz CT molecular complexity index is 909. The zero-order valence-electron chi connectivity index (χ0n) is 15.5. The van der Waals surface area contributed by atoms with Crippen LogP contribution < -0.4 is 9.47 Å². The van der Waals surface area contributed by atoms with Crippen LogP contribution in [0.15, 0.2) is 42.5 Å². The van der Waals surface area contributed by atoms with E-state index in [2.05, 4.69) is 15.9 Å². The van der Waals surface area contributed by atoms with E-state index >= 15 is 0 Å². The summed E-state index contributed by atoms with van der Waals surface area (Å²) >= 11 is 3.47. The lowest BCUT2D eigenvalue weighted by Crippen LogP contribution is -2.47. The molecule has 8 heteroatoms. The molecule has 0 radical (unpaired) electrons. The highest BCUT2D eigenvalue weighted by atomic mass is 79.9. The molecule has 1 aliphatic rings. The molecule has 0 unspecified atom stereocenters. The third-order valence-corrected chi connectivity index (χ3v) is 5.58. The van der Waals surface area contributed by atoms with E-state index in [1.165, 1.54) is 21.3 Å². The van der Waals surface area contributed by atoms with Gasteiger partial charge in [0.05, 0.1) is 37.3 Å². The van der Waals surface area contributed by atoms with Gasteiger partial charge in [-0.05, 0) is 29.8 Å². The molecule has 0 fully saturated rings. The van der Waals surface area contributed by atoms with Gasteiger partial charge in [-0.1, -0.05) is 34.1 Å². The number of fused-ring (bicyclic) bond motifs is 1. The first-order chi connectivity index (χ1) is 13.4. The standard InChI is InChI=1S/C20H18BrNO6/c1-26-14-9-8-11(10-15(14)27-2)16(21)17(20(25)28-3)22-18(23)12-6-4-5-7-13(12)19(22)24/h4-10,16-17H,1-3H3/t16-,17-/m0/s1. The first-order valence-electron chi connectivity index (χ1n) is 8.35. The van der Waals surface area contributed by atoms with Gasteiger partial charge in [-0.25, -0.2) is 4.79 Å². The molecular weight excluding hydrogens is 430 g/mol. The number of rotatable bonds is 6. The predicted molar refractivity (Wildman–Crippen MR) is 104 cm³/mol. The minimum Gasteiger partial charge on any atom is -0.493 e. The number of benzene rings is 2. The van der Waals surface area contributed by atoms with Crippen LogP contribution in [0.3, 0.4) is 0 Å². The number of hydrogen-bond donors (Lipinski definition) is 0. The topological polar surface area (TPSA) is 82.1 Å². The van der Waals surface area contributed by atoms with Crippen molar-refractivity contribution in [2.45, 2.75) is 10.9 Å². The third-order valence-electron chi connectivity index (χ3n) is 4.55. The van der Waals surface area contributed by atoms with Crippen LogP contribution in [0.25, 0.3) is 0 Å². The molecule has 7 nitrogen and oxygen atoms in total. The highest BCUT2D eigenvalue weighted by Crippen LogP contribution is 2.38. The van der Waals surface area contributed by atoms with Gasteiger partial charge in [0.1, 0.15) is 0 Å². The van der Waals surface area contributed by atoms with E-state index < -0.39 is 28.7 Å². The molecule has 2 aromatic rings. The maximum atomic E-state index is 12.9. The van der Waals surface area contributed by atoms with Gasteiger partial charge >= 0.3 is 5.97 Å². The first kappa shape index (κ1) is 19.9. The Hall–Kier alpha value is -2.87. The van der Waals surface area contributed by atoms with Crippen LogP contribution in [-0.4, -0.2) is 50.1 Å². The predicted octanol–water partition coefficient (Wildman–Crippen LogP) is 2.98. The summed E-state index contributed by atoms with van der Waals surface area (Å²) in [6.45, 7) is 0. The monoisotopic (exact) mass is 447 g/mol. The van der Waals surface area contributed by atoms with Gasteiger partial charge in [0.25, 0.3) is 11.8 Å². The average Bonchev–Trinajstić information content (AvgIpc) is 2.98. The number of alkyl halides is 1. The number of esters is 1. The maximum absolute atomic E-state index is 12.9. The Kier molecular flexibility index (Phi) is 5.69. The van der Waals surface area contributed by atoms with Crippen LogP contribution in [0, 0.1) is 0 Å². The summed E-state index contributed by atoms with van der Waals surface area (Å²) in [6.07, 6.45) is 0. The van der Waals surface area contributed by atoms with E-state index in [0.29, 0.717) is 17.1 Å². The third kappa shape index (κ3) is 3.24. The molecular formula is C20H18BrNO6. The Morgan fingerprint density at radius 2 is 1.50 bits per heavy atom. The van der Waals surface area contributed by atoms with Crippen LogP contribution in [0.5, 0.6) is 11.5 Å². The first-order valence-corrected chi connectivity index (χ1v) is 9.26. The summed E-state index contributed by atoms with van der Waals surface area (Å²) in [4.78, 5) is 38.5. The van der Waals surface area contributed by atoms with Crippen molar-refractivity contribution < 1.29 is 28.6 Å². The molecule has 0 bridgehead atoms. The number of ether oxygens (including phenoxy) is 3. The lowest BCUT2D eigenvalue weighted by molar-refractivity contribution is -0.145. The van der Waals surface area contributed by atoms with Crippen LogP contribution in [0.1, 0.15) is 31.1 Å². The Morgan fingerprint density at radius 3 is 2.00 bits per heavy atom. The van der Waals surface area contributed by atoms with Gasteiger partial charge in [0, 0.05) is 0 Å². The molecule has 146 valence electrons. The number of hydrogen-bond acceptors (Lipinski definition) is 6. The van der Waals surface area contributed by atoms with E-state index in [-0.39, 0.29) is 11.1 Å². The quantitative estimate of drug-likeness (QED) is 0.384. The van der Waals surface area contributed by atoms with Crippen molar-refractivity contribution in [3.8, 4) is 11.5 Å². The molecule has 0 N–H and O–H groups in total. The molecule has 0 spiro atoms. The second kappa shape index (κ2) is 8.02. The number of amides is 2. The Morgan fingerprint density at radius 1 is 0.929 bits per heavy atom. The number of methoxy groups -OCH3 is 3. The van der Waals surface area contributed by atoms with Crippen LogP contribution in [-0.2, 0) is 9.53 Å². The number of nitrogens with zero attached hydrogens (tertiary/aromatic N) is 1. The fraction of sp³-hybridized carbons (Fsp3) is 0.250. The summed E-state index contributed by atoms with van der Waals surface area (Å²) in [5.74, 6) is -0.829. The minimum absolute atomic E-state index is 0.258. The van der Waals surface area contributed by atoms with E-state index in [4.69, 9.17) is 14.2 Å². The van der Waals surface area contributed by atoms with Gasteiger partial charge in [-0.3, -0.25) is 14.5 Å². The fourth-order valence-corrected chi connectivity index (χ4v) is 3.88. The van der Waals surface area contributed by atoms with Crippen molar-refractivity contribution in [2.75, 3.05) is 21.3 Å². The number of imide groups is 1. The molecule has 2 amide bonds. The largest absolute Gasteiger partial charge is 0.493 e. The number of carbonyl (C=O) groups excluding carboxylic acids is 3. The molecule has 3 rings (SSSR count). The van der Waals surface area contributed by atoms with Crippen molar-refractivity contribution in [1.82, 2.24) is 4.90 Å². The van der Waals surface area contributed by atoms with Crippen molar-refractivity contribution in [3.05, 3.63) is 59.2 Å². The van der Waals surface area contributed by atoms with Crippen LogP contribution in [0.4, 0.5) is 0 Å². The Balaban J connectivity index is 2.04. The van der Waals surface area contributed by atoms with Crippen LogP contribution in [0.2, 0.25) is 0 Å². The SMILES string of the molecule is COC(=O)[C@H]([C@@H](Br)c1ccc(OC)c(OC)c1)N1C(=O)c2ccccc2C1=O. The highest BCUT2D eigenvalue weighted by Gasteiger charge is 2.46. The van der Waals surface area contributed by atoms with Crippen LogP contribution >= 0.6 is 15.9 Å². The zero-order valence-corrected chi connectivity index (χ0v) is 17.1. The molecule has 28 heavy (non-hydrogen) atoms. The fourth-order valence-electron chi connectivity index (χ4n) is 3.14. The van der Waals surface area contributed by atoms with Crippen molar-refractivity contribution >= 4 is 33.7 Å². The van der Waals surface area contributed by atoms with Gasteiger partial charge in [0.15, 0.2) is 17.5 Å². The van der Waals surface area contributed by atoms with E-state index in [9.17, 15) is 14.4 Å². The molecule has 0 aromatic heterocycles. The van der Waals surface area contributed by atoms with E-state index in [1.54, 1.807) is 42.5 Å². The molecule has 0 aliphatic carbocycles. The van der Waals surface area contributed by atoms with Gasteiger partial charge in [-0.15, -0.1) is 0 Å². The van der Waals surface area contributed by atoms with Crippen molar-refractivity contribution in [1.29, 1.82) is 0 Å². The summed E-state index contributed by atoms with van der Waals surface area (Å²) in [5, 5.41) is 0. The molecule has 1 aliphatic heterocycles. The van der Waals surface area contributed by atoms with E-state index in [1.807, 2.05) is 0 Å². The van der Waals surface area contributed by atoms with Gasteiger partial charge < -0.3 is 14.2 Å². The summed E-state index contributed by atoms with van der Waals surface area (Å²) in [5.41, 5.74) is 1.13. The number of carbonyl (C=O) groups is 3. The summed E-state index contributed by atoms with van der Waals surface area (Å²) in [6, 6.07) is 10.3. The van der Waals surface area contributed by atoms with E-state index in [0.717, 1.165) is 4.90 Å². The minimum atomic E-state index is -1.20. The number of halogens is 1. The maximum Gasteiger partial charge on any atom is 0.330 e. The smallest absolute Gasteiger partial charge is 0.330 e. The zero-order chi connectivity index (χ0) is 20.4. The molecule has 2 aromatic carbocycles. The lowest BCUT2D eigenvalue weighted by atomic mass is 10.0. The summed E-state index contributed by atoms with van der Waals surface area (Å²) in [7, 11) is 4.22. The second-order valence-electron chi connectivity index (χ2n) is 6.01. The average molecular weight is 448 g/mol. The highest BCUT2D eigenvalue weighted by molar-refractivity contribution is 9.09. The molecule has 0 saturated heterocycles. The van der Waals surface area contributed by atoms with Crippen molar-refractivity contribution in [3.63, 3.8) is 0 Å².